The smallest absolute Gasteiger partial charge is 0.317 e. The average Bonchev–Trinajstić information content (AvgIpc) is 2.73. The van der Waals surface area contributed by atoms with Gasteiger partial charge in [-0.2, -0.15) is 0 Å². The van der Waals surface area contributed by atoms with Crippen LogP contribution in [0.1, 0.15) is 32.3 Å². The molecule has 2 aromatic carbocycles. The van der Waals surface area contributed by atoms with E-state index in [1.807, 2.05) is 31.3 Å². The van der Waals surface area contributed by atoms with Crippen LogP contribution in [0.4, 0.5) is 4.79 Å². The van der Waals surface area contributed by atoms with Crippen LogP contribution in [-0.4, -0.2) is 48.6 Å². The molecule has 2 amide bonds. The van der Waals surface area contributed by atoms with Crippen molar-refractivity contribution in [2.24, 2.45) is 5.92 Å². The Bertz CT molecular complexity index is 759. The molecule has 0 aromatic heterocycles. The van der Waals surface area contributed by atoms with E-state index in [1.165, 1.54) is 30.5 Å². The number of urea groups is 1. The lowest BCUT2D eigenvalue weighted by molar-refractivity contribution is 0.137. The maximum atomic E-state index is 12.7. The molecule has 4 nitrogen and oxygen atoms in total. The van der Waals surface area contributed by atoms with Gasteiger partial charge in [-0.25, -0.2) is 4.79 Å². The van der Waals surface area contributed by atoms with Gasteiger partial charge < -0.3 is 15.1 Å². The molecule has 3 rings (SSSR count). The molecule has 1 unspecified atom stereocenters. The number of hydrogen-bond acceptors (Lipinski definition) is 2. The number of rotatable bonds is 6. The maximum absolute atomic E-state index is 12.7. The summed E-state index contributed by atoms with van der Waals surface area (Å²) in [7, 11) is 1.87. The van der Waals surface area contributed by atoms with Gasteiger partial charge in [0.05, 0.1) is 0 Å². The summed E-state index contributed by atoms with van der Waals surface area (Å²) in [6, 6.07) is 19.3. The molecule has 4 heteroatoms. The van der Waals surface area contributed by atoms with E-state index >= 15 is 0 Å². The molecule has 0 aliphatic carbocycles. The predicted octanol–water partition coefficient (Wildman–Crippen LogP) is 4.62. The summed E-state index contributed by atoms with van der Waals surface area (Å²) >= 11 is 0. The highest BCUT2D eigenvalue weighted by atomic mass is 16.2. The van der Waals surface area contributed by atoms with Crippen molar-refractivity contribution in [1.29, 1.82) is 0 Å². The van der Waals surface area contributed by atoms with Gasteiger partial charge in [0, 0.05) is 32.7 Å². The Kier molecular flexibility index (Phi) is 7.10. The molecule has 1 heterocycles. The minimum absolute atomic E-state index is 0.00420. The Balaban J connectivity index is 1.57. The predicted molar refractivity (Wildman–Crippen MR) is 116 cm³/mol. The number of likely N-dealkylation sites (tertiary alicyclic amines) is 1. The molecule has 0 bridgehead atoms. The third kappa shape index (κ3) is 5.35. The molecule has 1 fully saturated rings. The first-order valence-electron chi connectivity index (χ1n) is 10.4. The molecule has 1 N–H and O–H groups in total. The van der Waals surface area contributed by atoms with Crippen molar-refractivity contribution in [3.8, 4) is 11.1 Å². The second-order valence-electron chi connectivity index (χ2n) is 8.16. The van der Waals surface area contributed by atoms with Crippen molar-refractivity contribution in [3.63, 3.8) is 0 Å². The number of benzene rings is 2. The zero-order valence-electron chi connectivity index (χ0n) is 17.4. The molecular weight excluding hydrogens is 346 g/mol. The summed E-state index contributed by atoms with van der Waals surface area (Å²) < 4.78 is 0. The van der Waals surface area contributed by atoms with Crippen LogP contribution in [0.2, 0.25) is 0 Å². The highest BCUT2D eigenvalue weighted by molar-refractivity contribution is 5.74. The number of hydrogen-bond donors (Lipinski definition) is 1. The first-order chi connectivity index (χ1) is 13.5. The third-order valence-electron chi connectivity index (χ3n) is 5.68. The fourth-order valence-corrected chi connectivity index (χ4v) is 3.98. The molecule has 0 radical (unpaired) electrons. The Morgan fingerprint density at radius 3 is 2.61 bits per heavy atom. The van der Waals surface area contributed by atoms with E-state index in [0.29, 0.717) is 18.5 Å². The summed E-state index contributed by atoms with van der Waals surface area (Å²) in [6.07, 6.45) is 2.42. The van der Waals surface area contributed by atoms with Gasteiger partial charge >= 0.3 is 6.03 Å². The van der Waals surface area contributed by atoms with E-state index < -0.39 is 0 Å². The molecule has 1 saturated heterocycles. The van der Waals surface area contributed by atoms with Crippen molar-refractivity contribution in [2.75, 3.05) is 26.7 Å². The number of carbonyl (C=O) groups is 1. The Morgan fingerprint density at radius 2 is 1.86 bits per heavy atom. The van der Waals surface area contributed by atoms with Gasteiger partial charge in [0.2, 0.25) is 0 Å². The molecule has 1 atom stereocenters. The Hall–Kier alpha value is -2.33. The van der Waals surface area contributed by atoms with E-state index in [0.717, 1.165) is 18.7 Å². The molecule has 0 spiro atoms. The van der Waals surface area contributed by atoms with Crippen LogP contribution in [0.3, 0.4) is 0 Å². The zero-order valence-corrected chi connectivity index (χ0v) is 17.4. The molecule has 28 heavy (non-hydrogen) atoms. The molecule has 150 valence electrons. The minimum atomic E-state index is 0.00420. The van der Waals surface area contributed by atoms with Gasteiger partial charge in [-0.15, -0.1) is 0 Å². The summed E-state index contributed by atoms with van der Waals surface area (Å²) in [5.41, 5.74) is 3.53. The van der Waals surface area contributed by atoms with E-state index in [9.17, 15) is 4.79 Å². The van der Waals surface area contributed by atoms with Crippen LogP contribution >= 0.6 is 0 Å². The van der Waals surface area contributed by atoms with Crippen LogP contribution in [-0.2, 0) is 6.54 Å². The summed E-state index contributed by atoms with van der Waals surface area (Å²) in [4.78, 5) is 17.0. The van der Waals surface area contributed by atoms with E-state index in [4.69, 9.17) is 0 Å². The molecule has 0 saturated carbocycles. The quantitative estimate of drug-likeness (QED) is 0.795. The lowest BCUT2D eigenvalue weighted by Gasteiger charge is -2.35. The summed E-state index contributed by atoms with van der Waals surface area (Å²) in [5.74, 6) is 0.546. The fourth-order valence-electron chi connectivity index (χ4n) is 3.98. The second-order valence-corrected chi connectivity index (χ2v) is 8.16. The van der Waals surface area contributed by atoms with E-state index in [-0.39, 0.29) is 6.03 Å². The van der Waals surface area contributed by atoms with Gasteiger partial charge in [0.1, 0.15) is 0 Å². The van der Waals surface area contributed by atoms with Crippen LogP contribution in [0, 0.1) is 5.92 Å². The summed E-state index contributed by atoms with van der Waals surface area (Å²) in [5, 5.41) is 3.15. The Morgan fingerprint density at radius 1 is 1.14 bits per heavy atom. The van der Waals surface area contributed by atoms with Crippen molar-refractivity contribution >= 4 is 6.03 Å². The van der Waals surface area contributed by atoms with E-state index in [1.54, 1.807) is 4.90 Å². The van der Waals surface area contributed by atoms with Gasteiger partial charge in [-0.05, 0) is 55.8 Å². The van der Waals surface area contributed by atoms with Gasteiger partial charge in [-0.3, -0.25) is 0 Å². The third-order valence-corrected chi connectivity index (χ3v) is 5.68. The highest BCUT2D eigenvalue weighted by Gasteiger charge is 2.22. The molecule has 2 aromatic rings. The van der Waals surface area contributed by atoms with Crippen LogP contribution in [0.25, 0.3) is 11.1 Å². The molecule has 1 aliphatic heterocycles. The van der Waals surface area contributed by atoms with Gasteiger partial charge in [0.25, 0.3) is 0 Å². The topological polar surface area (TPSA) is 35.6 Å². The lowest BCUT2D eigenvalue weighted by atomic mass is 9.97. The minimum Gasteiger partial charge on any atom is -0.338 e. The van der Waals surface area contributed by atoms with E-state index in [2.05, 4.69) is 54.4 Å². The molecular formula is C24H33N3O. The van der Waals surface area contributed by atoms with Crippen molar-refractivity contribution in [1.82, 2.24) is 15.1 Å². The first-order valence-corrected chi connectivity index (χ1v) is 10.4. The molecule has 1 aliphatic rings. The average molecular weight is 380 g/mol. The number of amides is 2. The number of piperidine rings is 1. The van der Waals surface area contributed by atoms with Crippen LogP contribution in [0.5, 0.6) is 0 Å². The normalized spacial score (nSPS) is 17.5. The SMILES string of the molecule is CC(C)N1CCCC(CNC(=O)N(C)Cc2ccccc2-c2ccccc2)C1. The van der Waals surface area contributed by atoms with Crippen molar-refractivity contribution in [2.45, 2.75) is 39.3 Å². The van der Waals surface area contributed by atoms with Crippen LogP contribution < -0.4 is 5.32 Å². The van der Waals surface area contributed by atoms with Gasteiger partial charge in [-0.1, -0.05) is 54.6 Å². The largest absolute Gasteiger partial charge is 0.338 e. The number of carbonyl (C=O) groups excluding carboxylic acids is 1. The zero-order chi connectivity index (χ0) is 19.9. The lowest BCUT2D eigenvalue weighted by Crippen LogP contribution is -2.45. The maximum Gasteiger partial charge on any atom is 0.317 e. The van der Waals surface area contributed by atoms with Crippen LogP contribution in [0.15, 0.2) is 54.6 Å². The number of nitrogens with one attached hydrogen (secondary N) is 1. The first kappa shape index (κ1) is 20.4. The Labute approximate surface area is 169 Å². The summed E-state index contributed by atoms with van der Waals surface area (Å²) in [6.45, 7) is 8.11. The second kappa shape index (κ2) is 9.74. The monoisotopic (exact) mass is 379 g/mol. The number of nitrogens with zero attached hydrogens (tertiary/aromatic N) is 2. The van der Waals surface area contributed by atoms with Gasteiger partial charge in [0.15, 0.2) is 0 Å². The van der Waals surface area contributed by atoms with Crippen molar-refractivity contribution < 1.29 is 4.79 Å². The fraction of sp³-hybridized carbons (Fsp3) is 0.458. The standard InChI is InChI=1S/C24H33N3O/c1-19(2)27-15-9-10-20(17-27)16-25-24(28)26(3)18-22-13-7-8-14-23(22)21-11-5-4-6-12-21/h4-8,11-14,19-20H,9-10,15-18H2,1-3H3,(H,25,28). The highest BCUT2D eigenvalue weighted by Crippen LogP contribution is 2.24. The van der Waals surface area contributed by atoms with Crippen molar-refractivity contribution in [3.05, 3.63) is 60.2 Å².